The van der Waals surface area contributed by atoms with Gasteiger partial charge in [0, 0.05) is 0 Å². The Kier molecular flexibility index (Phi) is 5.08. The zero-order valence-corrected chi connectivity index (χ0v) is 11.9. The molecule has 4 nitrogen and oxygen atoms in total. The number of rotatable bonds is 4. The molecule has 0 spiro atoms. The number of carbonyl (C=O) groups excluding carboxylic acids is 1. The number of amides is 1. The van der Waals surface area contributed by atoms with E-state index in [-0.39, 0.29) is 11.8 Å². The highest BCUT2D eigenvalue weighted by Gasteiger charge is 2.19. The summed E-state index contributed by atoms with van der Waals surface area (Å²) in [6.07, 6.45) is 2.49. The van der Waals surface area contributed by atoms with Crippen LogP contribution in [0.15, 0.2) is 16.9 Å². The number of carbonyl (C=O) groups is 1. The summed E-state index contributed by atoms with van der Waals surface area (Å²) in [6.45, 7) is 5.90. The Hall–Kier alpha value is -0.940. The van der Waals surface area contributed by atoms with Crippen LogP contribution in [-0.4, -0.2) is 16.9 Å². The van der Waals surface area contributed by atoms with Crippen molar-refractivity contribution in [3.8, 4) is 0 Å². The second-order valence-electron chi connectivity index (χ2n) is 4.23. The molecule has 1 amide bonds. The number of anilines is 1. The van der Waals surface area contributed by atoms with Gasteiger partial charge in [-0.2, -0.15) is 0 Å². The summed E-state index contributed by atoms with van der Waals surface area (Å²) in [5, 5.41) is 2.78. The fourth-order valence-corrected chi connectivity index (χ4v) is 1.58. The van der Waals surface area contributed by atoms with E-state index >= 15 is 0 Å². The Morgan fingerprint density at radius 2 is 2.29 bits per heavy atom. The maximum Gasteiger partial charge on any atom is 0.241 e. The number of nitrogens with one attached hydrogen (secondary N) is 1. The van der Waals surface area contributed by atoms with Gasteiger partial charge in [0.1, 0.15) is 4.60 Å². The van der Waals surface area contributed by atoms with E-state index in [4.69, 9.17) is 5.73 Å². The van der Waals surface area contributed by atoms with Crippen LogP contribution < -0.4 is 11.1 Å². The van der Waals surface area contributed by atoms with E-state index in [1.165, 1.54) is 0 Å². The Morgan fingerprint density at radius 1 is 1.65 bits per heavy atom. The first kappa shape index (κ1) is 14.1. The topological polar surface area (TPSA) is 68.0 Å². The maximum absolute atomic E-state index is 11.8. The van der Waals surface area contributed by atoms with Gasteiger partial charge in [0.2, 0.25) is 5.91 Å². The Labute approximate surface area is 110 Å². The van der Waals surface area contributed by atoms with E-state index in [0.717, 1.165) is 16.6 Å². The summed E-state index contributed by atoms with van der Waals surface area (Å²) >= 11 is 3.31. The molecule has 2 unspecified atom stereocenters. The van der Waals surface area contributed by atoms with E-state index in [0.29, 0.717) is 5.69 Å². The minimum Gasteiger partial charge on any atom is -0.323 e. The van der Waals surface area contributed by atoms with Crippen molar-refractivity contribution in [1.82, 2.24) is 4.98 Å². The molecule has 0 aliphatic carbocycles. The van der Waals surface area contributed by atoms with Gasteiger partial charge >= 0.3 is 0 Å². The van der Waals surface area contributed by atoms with Crippen molar-refractivity contribution in [2.45, 2.75) is 33.2 Å². The number of pyridine rings is 1. The van der Waals surface area contributed by atoms with Gasteiger partial charge < -0.3 is 11.1 Å². The summed E-state index contributed by atoms with van der Waals surface area (Å²) in [5.74, 6) is 0.00220. The molecule has 1 aromatic heterocycles. The monoisotopic (exact) mass is 299 g/mol. The molecule has 0 fully saturated rings. The number of halogens is 1. The molecule has 94 valence electrons. The molecular formula is C12H18BrN3O. The third kappa shape index (κ3) is 3.78. The molecule has 0 radical (unpaired) electrons. The van der Waals surface area contributed by atoms with Gasteiger partial charge in [-0.1, -0.05) is 20.3 Å². The normalized spacial score (nSPS) is 14.2. The van der Waals surface area contributed by atoms with E-state index in [1.54, 1.807) is 6.20 Å². The van der Waals surface area contributed by atoms with Gasteiger partial charge in [-0.3, -0.25) is 4.79 Å². The Morgan fingerprint density at radius 3 is 2.82 bits per heavy atom. The predicted octanol–water partition coefficient (Wildman–Crippen LogP) is 2.46. The van der Waals surface area contributed by atoms with Crippen molar-refractivity contribution in [2.75, 3.05) is 5.32 Å². The van der Waals surface area contributed by atoms with E-state index in [9.17, 15) is 4.79 Å². The summed E-state index contributed by atoms with van der Waals surface area (Å²) in [5.41, 5.74) is 7.49. The van der Waals surface area contributed by atoms with Crippen LogP contribution in [0.2, 0.25) is 0 Å². The first-order valence-corrected chi connectivity index (χ1v) is 6.43. The van der Waals surface area contributed by atoms with Crippen LogP contribution in [0, 0.1) is 12.8 Å². The molecular weight excluding hydrogens is 282 g/mol. The fourth-order valence-electron chi connectivity index (χ4n) is 1.36. The lowest BCUT2D eigenvalue weighted by Gasteiger charge is -2.17. The van der Waals surface area contributed by atoms with Gasteiger partial charge in [-0.25, -0.2) is 4.98 Å². The number of aromatic nitrogens is 1. The van der Waals surface area contributed by atoms with E-state index in [2.05, 4.69) is 26.2 Å². The zero-order chi connectivity index (χ0) is 13.0. The van der Waals surface area contributed by atoms with Crippen molar-refractivity contribution in [3.05, 3.63) is 22.4 Å². The molecule has 0 aromatic carbocycles. The van der Waals surface area contributed by atoms with Crippen LogP contribution in [0.5, 0.6) is 0 Å². The van der Waals surface area contributed by atoms with E-state index in [1.807, 2.05) is 26.8 Å². The lowest BCUT2D eigenvalue weighted by Crippen LogP contribution is -2.40. The fraction of sp³-hybridized carbons (Fsp3) is 0.500. The highest BCUT2D eigenvalue weighted by molar-refractivity contribution is 9.10. The quantitative estimate of drug-likeness (QED) is 0.839. The van der Waals surface area contributed by atoms with Gasteiger partial charge in [0.05, 0.1) is 17.9 Å². The number of hydrogen-bond acceptors (Lipinski definition) is 3. The average Bonchev–Trinajstić information content (AvgIpc) is 2.31. The second-order valence-corrected chi connectivity index (χ2v) is 4.98. The summed E-state index contributed by atoms with van der Waals surface area (Å²) < 4.78 is 0.779. The molecule has 0 bridgehead atoms. The van der Waals surface area contributed by atoms with Crippen LogP contribution in [0.3, 0.4) is 0 Å². The van der Waals surface area contributed by atoms with E-state index < -0.39 is 6.04 Å². The van der Waals surface area contributed by atoms with Crippen molar-refractivity contribution in [3.63, 3.8) is 0 Å². The van der Waals surface area contributed by atoms with Crippen molar-refractivity contribution < 1.29 is 4.79 Å². The third-order valence-electron chi connectivity index (χ3n) is 2.84. The molecule has 1 rings (SSSR count). The number of aryl methyl sites for hydroxylation is 1. The van der Waals surface area contributed by atoms with Crippen LogP contribution in [0.25, 0.3) is 0 Å². The van der Waals surface area contributed by atoms with Gasteiger partial charge in [0.15, 0.2) is 0 Å². The number of hydrogen-bond donors (Lipinski definition) is 2. The van der Waals surface area contributed by atoms with Crippen LogP contribution in [0.4, 0.5) is 5.69 Å². The molecule has 5 heteroatoms. The molecule has 0 saturated heterocycles. The minimum atomic E-state index is -0.482. The van der Waals surface area contributed by atoms with Crippen LogP contribution in [-0.2, 0) is 4.79 Å². The van der Waals surface area contributed by atoms with Gasteiger partial charge in [-0.05, 0) is 40.4 Å². The molecule has 0 aliphatic rings. The lowest BCUT2D eigenvalue weighted by molar-refractivity contribution is -0.118. The largest absolute Gasteiger partial charge is 0.323 e. The number of nitrogens with zero attached hydrogens (tertiary/aromatic N) is 1. The average molecular weight is 300 g/mol. The standard InChI is InChI=1S/C12H18BrN3O/c1-4-7(2)10(14)12(17)16-9-5-8(3)11(13)15-6-9/h5-7,10H,4,14H2,1-3H3,(H,16,17). The van der Waals surface area contributed by atoms with Crippen molar-refractivity contribution >= 4 is 27.5 Å². The highest BCUT2D eigenvalue weighted by atomic mass is 79.9. The third-order valence-corrected chi connectivity index (χ3v) is 3.67. The molecule has 1 aromatic rings. The van der Waals surface area contributed by atoms with Crippen LogP contribution in [0.1, 0.15) is 25.8 Å². The molecule has 2 atom stereocenters. The molecule has 17 heavy (non-hydrogen) atoms. The highest BCUT2D eigenvalue weighted by Crippen LogP contribution is 2.17. The van der Waals surface area contributed by atoms with Gasteiger partial charge in [-0.15, -0.1) is 0 Å². The SMILES string of the molecule is CCC(C)C(N)C(=O)Nc1cnc(Br)c(C)c1. The van der Waals surface area contributed by atoms with Crippen LogP contribution >= 0.6 is 15.9 Å². The molecule has 0 saturated carbocycles. The number of nitrogens with two attached hydrogens (primary N) is 1. The summed E-state index contributed by atoms with van der Waals surface area (Å²) in [6, 6.07) is 1.38. The predicted molar refractivity (Wildman–Crippen MR) is 72.7 cm³/mol. The minimum absolute atomic E-state index is 0.164. The molecule has 1 heterocycles. The smallest absolute Gasteiger partial charge is 0.241 e. The first-order chi connectivity index (χ1) is 7.95. The summed E-state index contributed by atoms with van der Waals surface area (Å²) in [7, 11) is 0. The second kappa shape index (κ2) is 6.12. The maximum atomic E-state index is 11.8. The summed E-state index contributed by atoms with van der Waals surface area (Å²) in [4.78, 5) is 16.0. The zero-order valence-electron chi connectivity index (χ0n) is 10.3. The van der Waals surface area contributed by atoms with Crippen molar-refractivity contribution in [2.24, 2.45) is 11.7 Å². The molecule has 3 N–H and O–H groups in total. The van der Waals surface area contributed by atoms with Crippen molar-refractivity contribution in [1.29, 1.82) is 0 Å². The van der Waals surface area contributed by atoms with Gasteiger partial charge in [0.25, 0.3) is 0 Å². The Balaban J connectivity index is 2.71. The lowest BCUT2D eigenvalue weighted by atomic mass is 9.99. The first-order valence-electron chi connectivity index (χ1n) is 5.64. The molecule has 0 aliphatic heterocycles. The Bertz CT molecular complexity index is 409.